The number of rotatable bonds is 3. The van der Waals surface area contributed by atoms with Gasteiger partial charge in [-0.1, -0.05) is 11.6 Å². The smallest absolute Gasteiger partial charge is 0.267 e. The van der Waals surface area contributed by atoms with Gasteiger partial charge in [-0.05, 0) is 24.3 Å². The number of nitrogens with one attached hydrogen (secondary N) is 2. The molecule has 1 aromatic heterocycles. The highest BCUT2D eigenvalue weighted by Crippen LogP contribution is 2.22. The van der Waals surface area contributed by atoms with Gasteiger partial charge < -0.3 is 0 Å². The van der Waals surface area contributed by atoms with Crippen molar-refractivity contribution in [1.82, 2.24) is 15.8 Å². The van der Waals surface area contributed by atoms with Gasteiger partial charge in [-0.15, -0.1) is 0 Å². The largest absolute Gasteiger partial charge is 0.282 e. The average Bonchev–Trinajstić information content (AvgIpc) is 2.52. The zero-order valence-corrected chi connectivity index (χ0v) is 11.7. The SMILES string of the molecule is O=C(NNC(=O)c1cc(Cl)ccc1[N+](=O)[O-])c1ccncc1. The molecule has 1 aromatic carbocycles. The third-order valence-electron chi connectivity index (χ3n) is 2.63. The van der Waals surface area contributed by atoms with Crippen LogP contribution in [0.2, 0.25) is 5.02 Å². The van der Waals surface area contributed by atoms with E-state index in [4.69, 9.17) is 11.6 Å². The molecule has 2 rings (SSSR count). The molecule has 1 heterocycles. The summed E-state index contributed by atoms with van der Waals surface area (Å²) >= 11 is 5.73. The molecule has 0 atom stereocenters. The van der Waals surface area contributed by atoms with E-state index in [0.29, 0.717) is 0 Å². The second kappa shape index (κ2) is 6.64. The highest BCUT2D eigenvalue weighted by molar-refractivity contribution is 6.31. The molecule has 0 aliphatic heterocycles. The van der Waals surface area contributed by atoms with E-state index in [-0.39, 0.29) is 16.1 Å². The number of pyridine rings is 1. The second-order valence-corrected chi connectivity index (χ2v) is 4.50. The van der Waals surface area contributed by atoms with Gasteiger partial charge in [0.15, 0.2) is 0 Å². The lowest BCUT2D eigenvalue weighted by Crippen LogP contribution is -2.41. The second-order valence-electron chi connectivity index (χ2n) is 4.06. The van der Waals surface area contributed by atoms with Gasteiger partial charge in [-0.2, -0.15) is 0 Å². The lowest BCUT2D eigenvalue weighted by atomic mass is 10.1. The minimum Gasteiger partial charge on any atom is -0.267 e. The van der Waals surface area contributed by atoms with Crippen molar-refractivity contribution in [2.45, 2.75) is 0 Å². The zero-order chi connectivity index (χ0) is 16.1. The summed E-state index contributed by atoms with van der Waals surface area (Å²) in [4.78, 5) is 37.6. The van der Waals surface area contributed by atoms with E-state index < -0.39 is 22.4 Å². The third-order valence-corrected chi connectivity index (χ3v) is 2.87. The maximum atomic E-state index is 12.0. The number of amides is 2. The molecule has 8 nitrogen and oxygen atoms in total. The fourth-order valence-corrected chi connectivity index (χ4v) is 1.78. The summed E-state index contributed by atoms with van der Waals surface area (Å²) in [6.07, 6.45) is 2.83. The fourth-order valence-electron chi connectivity index (χ4n) is 1.61. The summed E-state index contributed by atoms with van der Waals surface area (Å²) in [5, 5.41) is 11.0. The molecule has 0 aliphatic rings. The highest BCUT2D eigenvalue weighted by atomic mass is 35.5. The van der Waals surface area contributed by atoms with Crippen molar-refractivity contribution in [3.63, 3.8) is 0 Å². The first-order valence-corrected chi connectivity index (χ1v) is 6.31. The van der Waals surface area contributed by atoms with Crippen molar-refractivity contribution in [3.05, 3.63) is 69.0 Å². The van der Waals surface area contributed by atoms with Crippen molar-refractivity contribution < 1.29 is 14.5 Å². The van der Waals surface area contributed by atoms with E-state index >= 15 is 0 Å². The van der Waals surface area contributed by atoms with Gasteiger partial charge in [0.2, 0.25) is 0 Å². The predicted octanol–water partition coefficient (Wildman–Crippen LogP) is 1.72. The first-order chi connectivity index (χ1) is 10.5. The molecule has 0 bridgehead atoms. The third kappa shape index (κ3) is 3.55. The molecule has 0 saturated carbocycles. The lowest BCUT2D eigenvalue weighted by molar-refractivity contribution is -0.385. The first kappa shape index (κ1) is 15.4. The molecule has 0 radical (unpaired) electrons. The van der Waals surface area contributed by atoms with E-state index in [9.17, 15) is 19.7 Å². The molecule has 0 aliphatic carbocycles. The monoisotopic (exact) mass is 320 g/mol. The maximum absolute atomic E-state index is 12.0. The molecular formula is C13H9ClN4O4. The maximum Gasteiger partial charge on any atom is 0.282 e. The van der Waals surface area contributed by atoms with Crippen molar-refractivity contribution >= 4 is 29.1 Å². The van der Waals surface area contributed by atoms with Crippen LogP contribution in [-0.4, -0.2) is 21.7 Å². The Morgan fingerprint density at radius 1 is 1.09 bits per heavy atom. The Morgan fingerprint density at radius 3 is 2.36 bits per heavy atom. The normalized spacial score (nSPS) is 9.86. The molecule has 0 unspecified atom stereocenters. The summed E-state index contributed by atoms with van der Waals surface area (Å²) < 4.78 is 0. The molecule has 0 saturated heterocycles. The molecule has 22 heavy (non-hydrogen) atoms. The number of benzene rings is 1. The molecule has 2 N–H and O–H groups in total. The number of hydrogen-bond donors (Lipinski definition) is 2. The quantitative estimate of drug-likeness (QED) is 0.660. The topological polar surface area (TPSA) is 114 Å². The van der Waals surface area contributed by atoms with Gasteiger partial charge in [0.1, 0.15) is 5.56 Å². The van der Waals surface area contributed by atoms with Gasteiger partial charge in [-0.3, -0.25) is 35.5 Å². The first-order valence-electron chi connectivity index (χ1n) is 5.93. The van der Waals surface area contributed by atoms with E-state index in [1.54, 1.807) is 0 Å². The van der Waals surface area contributed by atoms with E-state index in [0.717, 1.165) is 12.1 Å². The standard InChI is InChI=1S/C13H9ClN4O4/c14-9-1-2-11(18(21)22)10(7-9)13(20)17-16-12(19)8-3-5-15-6-4-8/h1-7H,(H,16,19)(H,17,20). The van der Waals surface area contributed by atoms with Crippen LogP contribution in [0.25, 0.3) is 0 Å². The number of halogens is 1. The van der Waals surface area contributed by atoms with Crippen LogP contribution in [0, 0.1) is 10.1 Å². The van der Waals surface area contributed by atoms with Gasteiger partial charge in [-0.25, -0.2) is 0 Å². The average molecular weight is 321 g/mol. The number of nitro benzene ring substituents is 1. The van der Waals surface area contributed by atoms with Crippen LogP contribution < -0.4 is 10.9 Å². The van der Waals surface area contributed by atoms with Crippen LogP contribution in [0.1, 0.15) is 20.7 Å². The minimum atomic E-state index is -0.850. The van der Waals surface area contributed by atoms with E-state index in [1.807, 2.05) is 0 Å². The van der Waals surface area contributed by atoms with Gasteiger partial charge >= 0.3 is 0 Å². The Morgan fingerprint density at radius 2 is 1.73 bits per heavy atom. The van der Waals surface area contributed by atoms with Crippen molar-refractivity contribution in [2.24, 2.45) is 0 Å². The number of carbonyl (C=O) groups is 2. The molecule has 2 amide bonds. The lowest BCUT2D eigenvalue weighted by Gasteiger charge is -2.08. The highest BCUT2D eigenvalue weighted by Gasteiger charge is 2.21. The Balaban J connectivity index is 2.12. The molecular weight excluding hydrogens is 312 g/mol. The van der Waals surface area contributed by atoms with Gasteiger partial charge in [0, 0.05) is 29.0 Å². The van der Waals surface area contributed by atoms with Crippen LogP contribution in [0.5, 0.6) is 0 Å². The van der Waals surface area contributed by atoms with E-state index in [2.05, 4.69) is 15.8 Å². The molecule has 112 valence electrons. The number of hydrazine groups is 1. The molecule has 2 aromatic rings. The Labute approximate surface area is 129 Å². The molecule has 0 fully saturated rings. The Kier molecular flexibility index (Phi) is 4.64. The summed E-state index contributed by atoms with van der Waals surface area (Å²) in [6, 6.07) is 6.45. The Bertz CT molecular complexity index is 736. The Hall–Kier alpha value is -3.00. The number of carbonyl (C=O) groups excluding carboxylic acids is 2. The van der Waals surface area contributed by atoms with Crippen molar-refractivity contribution in [1.29, 1.82) is 0 Å². The van der Waals surface area contributed by atoms with Crippen LogP contribution in [0.15, 0.2) is 42.7 Å². The van der Waals surface area contributed by atoms with Crippen LogP contribution >= 0.6 is 11.6 Å². The van der Waals surface area contributed by atoms with Crippen LogP contribution in [0.4, 0.5) is 5.69 Å². The zero-order valence-electron chi connectivity index (χ0n) is 10.9. The van der Waals surface area contributed by atoms with Gasteiger partial charge in [0.05, 0.1) is 4.92 Å². The molecule has 0 spiro atoms. The van der Waals surface area contributed by atoms with Gasteiger partial charge in [0.25, 0.3) is 17.5 Å². The van der Waals surface area contributed by atoms with Crippen LogP contribution in [0.3, 0.4) is 0 Å². The number of aromatic nitrogens is 1. The summed E-state index contributed by atoms with van der Waals surface area (Å²) in [7, 11) is 0. The minimum absolute atomic E-state index is 0.163. The van der Waals surface area contributed by atoms with Crippen molar-refractivity contribution in [3.8, 4) is 0 Å². The molecule has 9 heteroatoms. The summed E-state index contributed by atoms with van der Waals surface area (Å²) in [5.74, 6) is -1.43. The number of nitrogens with zero attached hydrogens (tertiary/aromatic N) is 2. The van der Waals surface area contributed by atoms with E-state index in [1.165, 1.54) is 30.6 Å². The predicted molar refractivity (Wildman–Crippen MR) is 77.3 cm³/mol. The summed E-state index contributed by atoms with van der Waals surface area (Å²) in [6.45, 7) is 0. The van der Waals surface area contributed by atoms with Crippen LogP contribution in [-0.2, 0) is 0 Å². The number of hydrogen-bond acceptors (Lipinski definition) is 5. The fraction of sp³-hybridized carbons (Fsp3) is 0. The summed E-state index contributed by atoms with van der Waals surface area (Å²) in [5.41, 5.74) is 3.85. The van der Waals surface area contributed by atoms with Crippen molar-refractivity contribution in [2.75, 3.05) is 0 Å². The number of nitro groups is 1.